The number of anilines is 2. The van der Waals surface area contributed by atoms with E-state index in [1.54, 1.807) is 48.5 Å². The lowest BCUT2D eigenvalue weighted by Crippen LogP contribution is -2.12. The quantitative estimate of drug-likeness (QED) is 0.246. The molecule has 6 nitrogen and oxygen atoms in total. The summed E-state index contributed by atoms with van der Waals surface area (Å²) >= 11 is 0. The van der Waals surface area contributed by atoms with Gasteiger partial charge in [-0.05, 0) is 112 Å². The Balaban J connectivity index is 1.33. The fraction of sp³-hybridized carbons (Fsp3) is 0.188. The van der Waals surface area contributed by atoms with Gasteiger partial charge in [-0.2, -0.15) is 0 Å². The van der Waals surface area contributed by atoms with E-state index in [4.69, 9.17) is 9.47 Å². The molecule has 4 aromatic carbocycles. The van der Waals surface area contributed by atoms with Gasteiger partial charge in [0, 0.05) is 22.5 Å². The van der Waals surface area contributed by atoms with E-state index >= 15 is 0 Å². The monoisotopic (exact) mass is 508 g/mol. The van der Waals surface area contributed by atoms with Crippen LogP contribution < -0.4 is 20.1 Å². The molecule has 4 rings (SSSR count). The Bertz CT molecular complexity index is 1250. The van der Waals surface area contributed by atoms with E-state index in [9.17, 15) is 9.59 Å². The molecule has 4 aromatic rings. The maximum Gasteiger partial charge on any atom is 0.255 e. The summed E-state index contributed by atoms with van der Waals surface area (Å²) in [6.45, 7) is 7.84. The summed E-state index contributed by atoms with van der Waals surface area (Å²) in [6.07, 6.45) is 0.160. The standard InChI is InChI=1S/C32H32N2O4/c1-21(2)37-29-17-9-25(10-18-29)31(35)33-27-13-5-23(6-14-27)24-7-15-28(16-8-24)34-32(36)26-11-19-30(20-12-26)38-22(3)4/h5-22H,1-4H3,(H,33,35)(H,34,36). The predicted molar refractivity (Wildman–Crippen MR) is 152 cm³/mol. The zero-order chi connectivity index (χ0) is 27.1. The number of rotatable bonds is 9. The highest BCUT2D eigenvalue weighted by molar-refractivity contribution is 6.05. The van der Waals surface area contributed by atoms with Crippen LogP contribution in [0.25, 0.3) is 11.1 Å². The highest BCUT2D eigenvalue weighted by Gasteiger charge is 2.09. The second-order valence-electron chi connectivity index (χ2n) is 9.44. The van der Waals surface area contributed by atoms with Gasteiger partial charge in [-0.25, -0.2) is 0 Å². The molecule has 0 unspecified atom stereocenters. The molecule has 0 fully saturated rings. The van der Waals surface area contributed by atoms with Gasteiger partial charge in [0.2, 0.25) is 0 Å². The zero-order valence-electron chi connectivity index (χ0n) is 22.0. The second-order valence-corrected chi connectivity index (χ2v) is 9.44. The Kier molecular flexibility index (Phi) is 8.44. The number of ether oxygens (including phenoxy) is 2. The van der Waals surface area contributed by atoms with Gasteiger partial charge in [-0.3, -0.25) is 9.59 Å². The van der Waals surface area contributed by atoms with Crippen LogP contribution in [0.4, 0.5) is 11.4 Å². The van der Waals surface area contributed by atoms with E-state index in [-0.39, 0.29) is 24.0 Å². The summed E-state index contributed by atoms with van der Waals surface area (Å²) in [7, 11) is 0. The Morgan fingerprint density at radius 2 is 0.816 bits per heavy atom. The first-order chi connectivity index (χ1) is 18.3. The number of carbonyl (C=O) groups is 2. The van der Waals surface area contributed by atoms with Gasteiger partial charge < -0.3 is 20.1 Å². The van der Waals surface area contributed by atoms with Crippen molar-refractivity contribution >= 4 is 23.2 Å². The SMILES string of the molecule is CC(C)Oc1ccc(C(=O)Nc2ccc(-c3ccc(NC(=O)c4ccc(OC(C)C)cc4)cc3)cc2)cc1. The van der Waals surface area contributed by atoms with Crippen molar-refractivity contribution in [2.75, 3.05) is 10.6 Å². The molecule has 0 bridgehead atoms. The Labute approximate surface area is 223 Å². The van der Waals surface area contributed by atoms with E-state index < -0.39 is 0 Å². The first kappa shape index (κ1) is 26.5. The fourth-order valence-electron chi connectivity index (χ4n) is 3.81. The molecule has 0 heterocycles. The normalized spacial score (nSPS) is 10.8. The average Bonchev–Trinajstić information content (AvgIpc) is 2.90. The van der Waals surface area contributed by atoms with Crippen LogP contribution in [0.15, 0.2) is 97.1 Å². The van der Waals surface area contributed by atoms with Gasteiger partial charge in [0.25, 0.3) is 11.8 Å². The van der Waals surface area contributed by atoms with Crippen LogP contribution in [0.2, 0.25) is 0 Å². The maximum atomic E-state index is 12.6. The van der Waals surface area contributed by atoms with Crippen molar-refractivity contribution in [3.63, 3.8) is 0 Å². The summed E-state index contributed by atoms with van der Waals surface area (Å²) in [4.78, 5) is 25.2. The van der Waals surface area contributed by atoms with Gasteiger partial charge in [-0.15, -0.1) is 0 Å². The van der Waals surface area contributed by atoms with Gasteiger partial charge in [0.15, 0.2) is 0 Å². The van der Waals surface area contributed by atoms with Crippen LogP contribution >= 0.6 is 0 Å². The van der Waals surface area contributed by atoms with Crippen LogP contribution in [-0.2, 0) is 0 Å². The number of hydrogen-bond acceptors (Lipinski definition) is 4. The largest absolute Gasteiger partial charge is 0.491 e. The number of carbonyl (C=O) groups excluding carboxylic acids is 2. The molecular formula is C32H32N2O4. The predicted octanol–water partition coefficient (Wildman–Crippen LogP) is 7.43. The topological polar surface area (TPSA) is 76.7 Å². The molecular weight excluding hydrogens is 476 g/mol. The number of hydrogen-bond donors (Lipinski definition) is 2. The van der Waals surface area contributed by atoms with Crippen LogP contribution in [0, 0.1) is 0 Å². The lowest BCUT2D eigenvalue weighted by atomic mass is 10.0. The Hall–Kier alpha value is -4.58. The minimum atomic E-state index is -0.184. The summed E-state index contributed by atoms with van der Waals surface area (Å²) in [5.41, 5.74) is 4.52. The molecule has 0 aliphatic heterocycles. The molecule has 0 saturated carbocycles. The van der Waals surface area contributed by atoms with E-state index in [0.29, 0.717) is 22.5 Å². The highest BCUT2D eigenvalue weighted by Crippen LogP contribution is 2.24. The smallest absolute Gasteiger partial charge is 0.255 e. The number of nitrogens with one attached hydrogen (secondary N) is 2. The average molecular weight is 509 g/mol. The van der Waals surface area contributed by atoms with Gasteiger partial charge in [0.1, 0.15) is 11.5 Å². The Morgan fingerprint density at radius 1 is 0.500 bits per heavy atom. The third kappa shape index (κ3) is 7.23. The fourth-order valence-corrected chi connectivity index (χ4v) is 3.81. The third-order valence-electron chi connectivity index (χ3n) is 5.60. The molecule has 0 spiro atoms. The van der Waals surface area contributed by atoms with Crippen LogP contribution in [0.3, 0.4) is 0 Å². The molecule has 2 N–H and O–H groups in total. The van der Waals surface area contributed by atoms with E-state index in [1.807, 2.05) is 76.2 Å². The van der Waals surface area contributed by atoms with Gasteiger partial charge >= 0.3 is 0 Å². The molecule has 0 aliphatic carbocycles. The molecule has 0 aromatic heterocycles. The van der Waals surface area contributed by atoms with Crippen LogP contribution in [0.5, 0.6) is 11.5 Å². The molecule has 0 radical (unpaired) electrons. The van der Waals surface area contributed by atoms with Crippen molar-refractivity contribution in [3.05, 3.63) is 108 Å². The second kappa shape index (κ2) is 12.1. The summed E-state index contributed by atoms with van der Waals surface area (Å²) in [6, 6.07) is 29.4. The molecule has 0 saturated heterocycles. The van der Waals surface area contributed by atoms with Gasteiger partial charge in [0.05, 0.1) is 12.2 Å². The van der Waals surface area contributed by atoms with E-state index in [2.05, 4.69) is 10.6 Å². The summed E-state index contributed by atoms with van der Waals surface area (Å²) in [5, 5.41) is 5.84. The first-order valence-corrected chi connectivity index (χ1v) is 12.6. The molecule has 0 aliphatic rings. The van der Waals surface area contributed by atoms with Crippen molar-refractivity contribution in [1.82, 2.24) is 0 Å². The number of amides is 2. The molecule has 38 heavy (non-hydrogen) atoms. The third-order valence-corrected chi connectivity index (χ3v) is 5.60. The molecule has 0 atom stereocenters. The lowest BCUT2D eigenvalue weighted by molar-refractivity contribution is 0.101. The molecule has 194 valence electrons. The maximum absolute atomic E-state index is 12.6. The minimum Gasteiger partial charge on any atom is -0.491 e. The van der Waals surface area contributed by atoms with Crippen molar-refractivity contribution in [3.8, 4) is 22.6 Å². The molecule has 6 heteroatoms. The van der Waals surface area contributed by atoms with Crippen molar-refractivity contribution < 1.29 is 19.1 Å². The summed E-state index contributed by atoms with van der Waals surface area (Å²) in [5.74, 6) is 1.10. The first-order valence-electron chi connectivity index (χ1n) is 12.6. The highest BCUT2D eigenvalue weighted by atomic mass is 16.5. The van der Waals surface area contributed by atoms with Crippen LogP contribution in [-0.4, -0.2) is 24.0 Å². The zero-order valence-corrected chi connectivity index (χ0v) is 22.0. The van der Waals surface area contributed by atoms with Crippen molar-refractivity contribution in [2.45, 2.75) is 39.9 Å². The molecule has 2 amide bonds. The van der Waals surface area contributed by atoms with Gasteiger partial charge in [-0.1, -0.05) is 24.3 Å². The van der Waals surface area contributed by atoms with E-state index in [0.717, 1.165) is 22.6 Å². The lowest BCUT2D eigenvalue weighted by Gasteiger charge is -2.11. The summed E-state index contributed by atoms with van der Waals surface area (Å²) < 4.78 is 11.3. The minimum absolute atomic E-state index is 0.0801. The van der Waals surface area contributed by atoms with Crippen molar-refractivity contribution in [2.24, 2.45) is 0 Å². The van der Waals surface area contributed by atoms with Crippen LogP contribution in [0.1, 0.15) is 48.4 Å². The number of benzene rings is 4. The Morgan fingerprint density at radius 3 is 1.11 bits per heavy atom. The van der Waals surface area contributed by atoms with Crippen molar-refractivity contribution in [1.29, 1.82) is 0 Å². The van der Waals surface area contributed by atoms with E-state index in [1.165, 1.54) is 0 Å².